The Morgan fingerprint density at radius 3 is 2.94 bits per heavy atom. The van der Waals surface area contributed by atoms with E-state index in [1.54, 1.807) is 0 Å². The molecule has 18 heavy (non-hydrogen) atoms. The zero-order chi connectivity index (χ0) is 12.8. The van der Waals surface area contributed by atoms with Gasteiger partial charge in [0.2, 0.25) is 0 Å². The molecule has 2 aliphatic carbocycles. The highest BCUT2D eigenvalue weighted by atomic mass is 16.3. The molecule has 0 radical (unpaired) electrons. The summed E-state index contributed by atoms with van der Waals surface area (Å²) in [7, 11) is 0. The first-order valence-corrected chi connectivity index (χ1v) is 7.27. The first-order chi connectivity index (χ1) is 8.61. The first kappa shape index (κ1) is 12.2. The summed E-state index contributed by atoms with van der Waals surface area (Å²) in [6.07, 6.45) is 7.27. The van der Waals surface area contributed by atoms with E-state index < -0.39 is 5.60 Å². The minimum atomic E-state index is -0.522. The van der Waals surface area contributed by atoms with E-state index in [-0.39, 0.29) is 5.92 Å². The number of nitrogens with zero attached hydrogens (tertiary/aromatic N) is 1. The van der Waals surface area contributed by atoms with Crippen LogP contribution in [0.3, 0.4) is 0 Å². The van der Waals surface area contributed by atoms with Gasteiger partial charge in [0.15, 0.2) is 0 Å². The Balaban J connectivity index is 1.91. The monoisotopic (exact) mass is 245 g/mol. The summed E-state index contributed by atoms with van der Waals surface area (Å²) in [5.41, 5.74) is 2.00. The summed E-state index contributed by atoms with van der Waals surface area (Å²) in [5, 5.41) is 11.2. The van der Waals surface area contributed by atoms with Crippen LogP contribution in [-0.4, -0.2) is 15.7 Å². The Labute approximate surface area is 109 Å². The Morgan fingerprint density at radius 2 is 2.17 bits per heavy atom. The van der Waals surface area contributed by atoms with Crippen molar-refractivity contribution < 1.29 is 5.11 Å². The van der Waals surface area contributed by atoms with Crippen molar-refractivity contribution >= 4 is 0 Å². The van der Waals surface area contributed by atoms with Gasteiger partial charge in [-0.05, 0) is 55.6 Å². The van der Waals surface area contributed by atoms with E-state index in [0.717, 1.165) is 38.0 Å². The molecule has 0 bridgehead atoms. The fourth-order valence-corrected chi connectivity index (χ4v) is 4.07. The fraction of sp³-hybridized carbons (Fsp3) is 0.688. The highest BCUT2D eigenvalue weighted by Gasteiger charge is 2.47. The smallest absolute Gasteiger partial charge is 0.0756 e. The second-order valence-corrected chi connectivity index (χ2v) is 6.41. The molecule has 1 fully saturated rings. The summed E-state index contributed by atoms with van der Waals surface area (Å²) >= 11 is 0. The minimum absolute atomic E-state index is 0.260. The number of hydrogen-bond donors (Lipinski definition) is 1. The van der Waals surface area contributed by atoms with Crippen LogP contribution in [-0.2, 0) is 6.42 Å². The number of aromatic nitrogens is 1. The van der Waals surface area contributed by atoms with Gasteiger partial charge in [-0.15, -0.1) is 0 Å². The zero-order valence-electron chi connectivity index (χ0n) is 11.4. The Bertz CT molecular complexity index is 444. The topological polar surface area (TPSA) is 33.1 Å². The van der Waals surface area contributed by atoms with Crippen LogP contribution in [0.1, 0.15) is 56.7 Å². The van der Waals surface area contributed by atoms with Gasteiger partial charge in [-0.25, -0.2) is 0 Å². The van der Waals surface area contributed by atoms with Crippen molar-refractivity contribution in [3.8, 4) is 0 Å². The zero-order valence-corrected chi connectivity index (χ0v) is 11.4. The summed E-state index contributed by atoms with van der Waals surface area (Å²) in [6, 6.07) is 4.18. The molecule has 1 heterocycles. The van der Waals surface area contributed by atoms with Gasteiger partial charge in [-0.3, -0.25) is 4.98 Å². The average molecular weight is 245 g/mol. The molecule has 0 aliphatic heterocycles. The van der Waals surface area contributed by atoms with Crippen LogP contribution >= 0.6 is 0 Å². The van der Waals surface area contributed by atoms with Gasteiger partial charge in [-0.1, -0.05) is 19.9 Å². The lowest BCUT2D eigenvalue weighted by Gasteiger charge is -2.44. The second kappa shape index (κ2) is 4.34. The largest absolute Gasteiger partial charge is 0.389 e. The molecule has 1 aromatic rings. The summed E-state index contributed by atoms with van der Waals surface area (Å²) in [6.45, 7) is 4.52. The molecular weight excluding hydrogens is 222 g/mol. The van der Waals surface area contributed by atoms with Crippen molar-refractivity contribution in [3.63, 3.8) is 0 Å². The number of pyridine rings is 1. The molecule has 0 amide bonds. The molecule has 1 N–H and O–H groups in total. The standard InChI is InChI=1S/C16H23NO/c1-11-7-8-16(18,12(2)10-11)14-6-5-13-4-3-9-17-15(13)14/h3-4,9,11-12,14,18H,5-8,10H2,1-2H3. The highest BCUT2D eigenvalue weighted by molar-refractivity contribution is 5.31. The van der Waals surface area contributed by atoms with E-state index in [1.807, 2.05) is 12.3 Å². The minimum Gasteiger partial charge on any atom is -0.389 e. The first-order valence-electron chi connectivity index (χ1n) is 7.27. The summed E-state index contributed by atoms with van der Waals surface area (Å²) in [5.74, 6) is 1.40. The molecule has 1 saturated carbocycles. The lowest BCUT2D eigenvalue weighted by atomic mass is 9.65. The van der Waals surface area contributed by atoms with Crippen LogP contribution in [0.4, 0.5) is 0 Å². The predicted octanol–water partition coefficient (Wildman–Crippen LogP) is 3.30. The van der Waals surface area contributed by atoms with Crippen LogP contribution in [0.15, 0.2) is 18.3 Å². The van der Waals surface area contributed by atoms with Gasteiger partial charge in [0.05, 0.1) is 5.60 Å². The molecule has 0 spiro atoms. The van der Waals surface area contributed by atoms with Crippen LogP contribution in [0.2, 0.25) is 0 Å². The quantitative estimate of drug-likeness (QED) is 0.823. The van der Waals surface area contributed by atoms with E-state index in [1.165, 1.54) is 11.3 Å². The van der Waals surface area contributed by atoms with Gasteiger partial charge in [0.25, 0.3) is 0 Å². The third kappa shape index (κ3) is 1.78. The lowest BCUT2D eigenvalue weighted by Crippen LogP contribution is -2.46. The van der Waals surface area contributed by atoms with Crippen LogP contribution in [0, 0.1) is 11.8 Å². The molecule has 2 aliphatic rings. The molecule has 1 aromatic heterocycles. The molecule has 4 atom stereocenters. The third-order valence-corrected chi connectivity index (χ3v) is 5.21. The van der Waals surface area contributed by atoms with Gasteiger partial charge in [-0.2, -0.15) is 0 Å². The highest BCUT2D eigenvalue weighted by Crippen LogP contribution is 2.49. The van der Waals surface area contributed by atoms with E-state index in [9.17, 15) is 5.11 Å². The molecule has 3 rings (SSSR count). The van der Waals surface area contributed by atoms with Crippen molar-refractivity contribution in [1.29, 1.82) is 0 Å². The molecule has 4 unspecified atom stereocenters. The molecule has 2 nitrogen and oxygen atoms in total. The van der Waals surface area contributed by atoms with E-state index in [4.69, 9.17) is 0 Å². The van der Waals surface area contributed by atoms with Crippen molar-refractivity contribution in [2.75, 3.05) is 0 Å². The third-order valence-electron chi connectivity index (χ3n) is 5.21. The fourth-order valence-electron chi connectivity index (χ4n) is 4.07. The van der Waals surface area contributed by atoms with E-state index in [2.05, 4.69) is 24.9 Å². The van der Waals surface area contributed by atoms with Gasteiger partial charge < -0.3 is 5.11 Å². The van der Waals surface area contributed by atoms with Gasteiger partial charge in [0.1, 0.15) is 0 Å². The van der Waals surface area contributed by atoms with Crippen LogP contribution in [0.25, 0.3) is 0 Å². The molecule has 98 valence electrons. The normalized spacial score (nSPS) is 39.6. The Hall–Kier alpha value is -0.890. The number of aliphatic hydroxyl groups is 1. The number of aryl methyl sites for hydroxylation is 1. The van der Waals surface area contributed by atoms with Crippen molar-refractivity contribution in [1.82, 2.24) is 4.98 Å². The average Bonchev–Trinajstić information content (AvgIpc) is 2.79. The van der Waals surface area contributed by atoms with Gasteiger partial charge in [0, 0.05) is 17.8 Å². The predicted molar refractivity (Wildman–Crippen MR) is 72.4 cm³/mol. The van der Waals surface area contributed by atoms with Crippen molar-refractivity contribution in [3.05, 3.63) is 29.6 Å². The maximum atomic E-state index is 11.2. The molecular formula is C16H23NO. The Kier molecular flexibility index (Phi) is 2.93. The van der Waals surface area contributed by atoms with Crippen LogP contribution in [0.5, 0.6) is 0 Å². The maximum Gasteiger partial charge on any atom is 0.0756 e. The van der Waals surface area contributed by atoms with Crippen molar-refractivity contribution in [2.24, 2.45) is 11.8 Å². The maximum absolute atomic E-state index is 11.2. The lowest BCUT2D eigenvalue weighted by molar-refractivity contribution is -0.0749. The molecule has 2 heteroatoms. The van der Waals surface area contributed by atoms with Crippen molar-refractivity contribution in [2.45, 2.75) is 57.5 Å². The number of hydrogen-bond acceptors (Lipinski definition) is 2. The number of fused-ring (bicyclic) bond motifs is 1. The van der Waals surface area contributed by atoms with Gasteiger partial charge >= 0.3 is 0 Å². The molecule has 0 aromatic carbocycles. The summed E-state index contributed by atoms with van der Waals surface area (Å²) in [4.78, 5) is 4.55. The molecule has 0 saturated heterocycles. The van der Waals surface area contributed by atoms with E-state index in [0.29, 0.717) is 5.92 Å². The summed E-state index contributed by atoms with van der Waals surface area (Å²) < 4.78 is 0. The second-order valence-electron chi connectivity index (χ2n) is 6.41. The SMILES string of the molecule is CC1CCC(O)(C2CCc3cccnc32)C(C)C1. The van der Waals surface area contributed by atoms with E-state index >= 15 is 0 Å². The number of rotatable bonds is 1. The Morgan fingerprint density at radius 1 is 1.33 bits per heavy atom. The van der Waals surface area contributed by atoms with Crippen LogP contribution < -0.4 is 0 Å².